The van der Waals surface area contributed by atoms with Gasteiger partial charge in [0.2, 0.25) is 0 Å². The number of benzene rings is 1. The monoisotopic (exact) mass is 447 g/mol. The second-order valence-electron chi connectivity index (χ2n) is 4.11. The van der Waals surface area contributed by atoms with Gasteiger partial charge in [-0.2, -0.15) is 6.92 Å². The van der Waals surface area contributed by atoms with Crippen molar-refractivity contribution in [3.63, 3.8) is 0 Å². The van der Waals surface area contributed by atoms with Gasteiger partial charge in [0.15, 0.2) is 0 Å². The Morgan fingerprint density at radius 3 is 1.35 bits per heavy atom. The van der Waals surface area contributed by atoms with Crippen molar-refractivity contribution in [1.29, 1.82) is 0 Å². The molecule has 0 saturated carbocycles. The molecule has 0 spiro atoms. The predicted molar refractivity (Wildman–Crippen MR) is 84.0 cm³/mol. The molecule has 2 nitrogen and oxygen atoms in total. The van der Waals surface area contributed by atoms with Crippen LogP contribution in [0, 0.1) is 28.2 Å². The zero-order valence-corrected chi connectivity index (χ0v) is 14.7. The van der Waals surface area contributed by atoms with Crippen LogP contribution in [0.1, 0.15) is 18.3 Å². The zero-order valence-electron chi connectivity index (χ0n) is 12.4. The van der Waals surface area contributed by atoms with E-state index in [1.165, 1.54) is 0 Å². The van der Waals surface area contributed by atoms with E-state index in [0.29, 0.717) is 0 Å². The summed E-state index contributed by atoms with van der Waals surface area (Å²) in [4.78, 5) is 9.16. The Balaban J connectivity index is 0.000000866. The van der Waals surface area contributed by atoms with Gasteiger partial charge in [0.1, 0.15) is 0 Å². The van der Waals surface area contributed by atoms with E-state index in [0.717, 1.165) is 33.2 Å². The molecule has 0 amide bonds. The summed E-state index contributed by atoms with van der Waals surface area (Å²) in [5.41, 5.74) is 4.06. The van der Waals surface area contributed by atoms with Crippen molar-refractivity contribution in [3.8, 4) is 0 Å². The van der Waals surface area contributed by atoms with Crippen LogP contribution >= 0.6 is 0 Å². The van der Waals surface area contributed by atoms with Gasteiger partial charge in [-0.05, 0) is 26.0 Å². The summed E-state index contributed by atoms with van der Waals surface area (Å²) >= 11 is 0. The van der Waals surface area contributed by atoms with Crippen LogP contribution in [-0.2, 0) is 21.1 Å². The molecule has 1 aromatic carbocycles. The third-order valence-corrected chi connectivity index (χ3v) is 2.80. The van der Waals surface area contributed by atoms with E-state index in [9.17, 15) is 0 Å². The van der Waals surface area contributed by atoms with Gasteiger partial charge in [-0.15, -0.1) is 0 Å². The molecule has 2 heterocycles. The zero-order chi connectivity index (χ0) is 13.1. The fourth-order valence-electron chi connectivity index (χ4n) is 1.96. The van der Waals surface area contributed by atoms with Crippen LogP contribution < -0.4 is 0 Å². The quantitative estimate of drug-likeness (QED) is 0.369. The van der Waals surface area contributed by atoms with E-state index in [2.05, 4.69) is 41.2 Å². The number of nitrogens with zero attached hydrogens (tertiary/aromatic N) is 2. The molecule has 20 heavy (non-hydrogen) atoms. The average molecular weight is 447 g/mol. The van der Waals surface area contributed by atoms with Crippen LogP contribution in [0.2, 0.25) is 0 Å². The van der Waals surface area contributed by atoms with Crippen molar-refractivity contribution in [3.05, 3.63) is 62.1 Å². The molecule has 0 fully saturated rings. The van der Waals surface area contributed by atoms with Gasteiger partial charge in [0.05, 0.1) is 11.0 Å². The topological polar surface area (TPSA) is 25.8 Å². The SMILES string of the molecule is Cc1ccc2ccc3ccc(C)nc3c2n1.[CH2-]C.[CH3-].[Pt+2]. The number of hydrogen-bond donors (Lipinski definition) is 0. The Kier molecular flexibility index (Phi) is 7.60. The Hall–Kier alpha value is -1.27. The largest absolute Gasteiger partial charge is 2.00 e. The Morgan fingerprint density at radius 2 is 1.00 bits per heavy atom. The third-order valence-electron chi connectivity index (χ3n) is 2.80. The van der Waals surface area contributed by atoms with Crippen molar-refractivity contribution >= 4 is 21.8 Å². The maximum absolute atomic E-state index is 4.58. The number of fused-ring (bicyclic) bond motifs is 3. The van der Waals surface area contributed by atoms with E-state index in [4.69, 9.17) is 0 Å². The summed E-state index contributed by atoms with van der Waals surface area (Å²) in [5, 5.41) is 2.30. The van der Waals surface area contributed by atoms with E-state index < -0.39 is 0 Å². The second-order valence-corrected chi connectivity index (χ2v) is 4.11. The number of pyridine rings is 2. The molecule has 0 unspecified atom stereocenters. The average Bonchev–Trinajstić information content (AvgIpc) is 2.41. The first-order valence-corrected chi connectivity index (χ1v) is 6.08. The minimum absolute atomic E-state index is 0. The molecule has 3 rings (SSSR count). The number of aryl methyl sites for hydroxylation is 2. The molecule has 0 aliphatic rings. The molecule has 0 N–H and O–H groups in total. The van der Waals surface area contributed by atoms with Crippen molar-refractivity contribution in [2.45, 2.75) is 20.8 Å². The first kappa shape index (κ1) is 18.7. The van der Waals surface area contributed by atoms with Gasteiger partial charge in [-0.1, -0.05) is 24.3 Å². The molecular weight excluding hydrogens is 427 g/mol. The Bertz CT molecular complexity index is 632. The van der Waals surface area contributed by atoms with Crippen molar-refractivity contribution in [2.24, 2.45) is 0 Å². The van der Waals surface area contributed by atoms with Crippen LogP contribution in [-0.4, -0.2) is 9.97 Å². The Morgan fingerprint density at radius 1 is 0.700 bits per heavy atom. The third kappa shape index (κ3) is 3.64. The molecule has 0 saturated heterocycles. The summed E-state index contributed by atoms with van der Waals surface area (Å²) in [5.74, 6) is 0. The van der Waals surface area contributed by atoms with E-state index in [1.54, 1.807) is 6.92 Å². The number of aromatic nitrogens is 2. The maximum Gasteiger partial charge on any atom is 2.00 e. The summed E-state index contributed by atoms with van der Waals surface area (Å²) in [6.45, 7) is 9.02. The normalized spacial score (nSPS) is 9.20. The van der Waals surface area contributed by atoms with Gasteiger partial charge >= 0.3 is 21.1 Å². The molecule has 0 atom stereocenters. The number of rotatable bonds is 0. The molecule has 2 aromatic heterocycles. The summed E-state index contributed by atoms with van der Waals surface area (Å²) in [6.07, 6.45) is 0. The minimum Gasteiger partial charge on any atom is -0.358 e. The molecule has 3 aromatic rings. The van der Waals surface area contributed by atoms with E-state index in [1.807, 2.05) is 26.0 Å². The van der Waals surface area contributed by atoms with Gasteiger partial charge in [0, 0.05) is 22.2 Å². The predicted octanol–water partition coefficient (Wildman–Crippen LogP) is 4.69. The molecular formula is C17H20N2Pt. The number of hydrogen-bond acceptors (Lipinski definition) is 2. The fraction of sp³-hybridized carbons (Fsp3) is 0.176. The van der Waals surface area contributed by atoms with Gasteiger partial charge < -0.3 is 14.4 Å². The van der Waals surface area contributed by atoms with E-state index in [-0.39, 0.29) is 28.5 Å². The van der Waals surface area contributed by atoms with Gasteiger partial charge in [-0.25, -0.2) is 0 Å². The summed E-state index contributed by atoms with van der Waals surface area (Å²) in [6, 6.07) is 12.5. The summed E-state index contributed by atoms with van der Waals surface area (Å²) in [7, 11) is 0. The van der Waals surface area contributed by atoms with E-state index >= 15 is 0 Å². The smallest absolute Gasteiger partial charge is 0.358 e. The van der Waals surface area contributed by atoms with Crippen molar-refractivity contribution in [1.82, 2.24) is 9.97 Å². The second kappa shape index (κ2) is 8.11. The fourth-order valence-corrected chi connectivity index (χ4v) is 1.96. The van der Waals surface area contributed by atoms with Crippen molar-refractivity contribution < 1.29 is 21.1 Å². The molecule has 0 bridgehead atoms. The van der Waals surface area contributed by atoms with Crippen molar-refractivity contribution in [2.75, 3.05) is 0 Å². The first-order chi connectivity index (χ1) is 8.74. The molecule has 0 aliphatic heterocycles. The molecule has 0 radical (unpaired) electrons. The molecule has 108 valence electrons. The molecule has 0 aliphatic carbocycles. The minimum atomic E-state index is 0. The maximum atomic E-state index is 4.58. The Labute approximate surface area is 135 Å². The van der Waals surface area contributed by atoms with Gasteiger partial charge in [-0.3, -0.25) is 9.97 Å². The standard InChI is InChI=1S/C14H12N2.C2H5.CH3.Pt/c1-9-3-5-11-7-8-12-6-4-10(2)16-14(12)13(11)15-9;1-2;;/h3-8H,1-2H3;1H2,2H3;1H3;/q;2*-1;+2. The first-order valence-electron chi connectivity index (χ1n) is 6.08. The van der Waals surface area contributed by atoms with Crippen LogP contribution in [0.4, 0.5) is 0 Å². The van der Waals surface area contributed by atoms with Crippen LogP contribution in [0.15, 0.2) is 36.4 Å². The van der Waals surface area contributed by atoms with Crippen LogP contribution in [0.3, 0.4) is 0 Å². The molecule has 3 heteroatoms. The summed E-state index contributed by atoms with van der Waals surface area (Å²) < 4.78 is 0. The van der Waals surface area contributed by atoms with Gasteiger partial charge in [0.25, 0.3) is 0 Å². The van der Waals surface area contributed by atoms with Crippen LogP contribution in [0.5, 0.6) is 0 Å². The van der Waals surface area contributed by atoms with Crippen LogP contribution in [0.25, 0.3) is 21.8 Å².